The molecule has 0 saturated carbocycles. The van der Waals surface area contributed by atoms with E-state index in [4.69, 9.17) is 9.47 Å². The molecule has 2 aliphatic rings. The van der Waals surface area contributed by atoms with Crippen molar-refractivity contribution in [2.45, 2.75) is 25.4 Å². The second kappa shape index (κ2) is 7.41. The zero-order chi connectivity index (χ0) is 17.8. The van der Waals surface area contributed by atoms with E-state index in [2.05, 4.69) is 9.97 Å². The summed E-state index contributed by atoms with van der Waals surface area (Å²) in [7, 11) is 0. The lowest BCUT2D eigenvalue weighted by Gasteiger charge is -2.43. The summed E-state index contributed by atoms with van der Waals surface area (Å²) in [6.45, 7) is 2.66. The van der Waals surface area contributed by atoms with Gasteiger partial charge in [-0.15, -0.1) is 0 Å². The lowest BCUT2D eigenvalue weighted by Crippen LogP contribution is -2.54. The van der Waals surface area contributed by atoms with Crippen LogP contribution in [0.3, 0.4) is 0 Å². The molecule has 6 heteroatoms. The summed E-state index contributed by atoms with van der Waals surface area (Å²) >= 11 is 0. The zero-order valence-electron chi connectivity index (χ0n) is 14.7. The molecule has 1 amide bonds. The number of carbonyl (C=O) groups is 1. The van der Waals surface area contributed by atoms with Gasteiger partial charge in [-0.3, -0.25) is 14.8 Å². The first kappa shape index (κ1) is 17.0. The number of pyridine rings is 2. The maximum atomic E-state index is 12.8. The number of carbonyl (C=O) groups excluding carboxylic acids is 1. The van der Waals surface area contributed by atoms with Crippen molar-refractivity contribution >= 4 is 5.91 Å². The van der Waals surface area contributed by atoms with Crippen molar-refractivity contribution < 1.29 is 14.3 Å². The van der Waals surface area contributed by atoms with E-state index in [-0.39, 0.29) is 17.4 Å². The lowest BCUT2D eigenvalue weighted by atomic mass is 9.77. The van der Waals surface area contributed by atoms with Gasteiger partial charge in [0.2, 0.25) is 5.91 Å². The van der Waals surface area contributed by atoms with E-state index in [0.29, 0.717) is 19.6 Å². The number of amides is 1. The molecule has 0 unspecified atom stereocenters. The van der Waals surface area contributed by atoms with Gasteiger partial charge < -0.3 is 14.4 Å². The van der Waals surface area contributed by atoms with Gasteiger partial charge in [0, 0.05) is 37.8 Å². The second-order valence-corrected chi connectivity index (χ2v) is 7.05. The first-order chi connectivity index (χ1) is 12.8. The van der Waals surface area contributed by atoms with Gasteiger partial charge in [0.05, 0.1) is 30.7 Å². The molecule has 2 saturated heterocycles. The predicted octanol–water partition coefficient (Wildman–Crippen LogP) is 2.11. The van der Waals surface area contributed by atoms with Crippen LogP contribution < -0.4 is 4.74 Å². The first-order valence-electron chi connectivity index (χ1n) is 9.07. The van der Waals surface area contributed by atoms with Crippen LogP contribution in [0.1, 0.15) is 18.5 Å². The Morgan fingerprint density at radius 2 is 2.27 bits per heavy atom. The number of hydrogen-bond acceptors (Lipinski definition) is 5. The molecule has 0 bridgehead atoms. The molecule has 2 aromatic rings. The number of fused-ring (bicyclic) bond motifs is 1. The van der Waals surface area contributed by atoms with Crippen molar-refractivity contribution in [2.75, 3.05) is 26.3 Å². The van der Waals surface area contributed by atoms with Gasteiger partial charge in [0.15, 0.2) is 0 Å². The highest BCUT2D eigenvalue weighted by Crippen LogP contribution is 2.41. The SMILES string of the molecule is O=C(Cc1ccccn1)N1CC[C@H]2OCC[C@@]2(COc2cccnc2)C1. The highest BCUT2D eigenvalue weighted by Gasteiger charge is 2.49. The quantitative estimate of drug-likeness (QED) is 0.824. The molecule has 4 rings (SSSR count). The average molecular weight is 353 g/mol. The Bertz CT molecular complexity index is 740. The van der Waals surface area contributed by atoms with E-state index in [1.165, 1.54) is 0 Å². The van der Waals surface area contributed by atoms with E-state index in [1.54, 1.807) is 18.6 Å². The maximum Gasteiger partial charge on any atom is 0.228 e. The topological polar surface area (TPSA) is 64.6 Å². The van der Waals surface area contributed by atoms with Gasteiger partial charge in [-0.1, -0.05) is 6.07 Å². The molecule has 0 aliphatic carbocycles. The maximum absolute atomic E-state index is 12.8. The normalized spacial score (nSPS) is 24.9. The molecule has 0 radical (unpaired) electrons. The minimum atomic E-state index is -0.145. The predicted molar refractivity (Wildman–Crippen MR) is 95.7 cm³/mol. The number of nitrogens with zero attached hydrogens (tertiary/aromatic N) is 3. The fourth-order valence-electron chi connectivity index (χ4n) is 3.90. The van der Waals surface area contributed by atoms with Gasteiger partial charge >= 0.3 is 0 Å². The van der Waals surface area contributed by atoms with Crippen LogP contribution in [0.5, 0.6) is 5.75 Å². The van der Waals surface area contributed by atoms with E-state index in [0.717, 1.165) is 37.4 Å². The van der Waals surface area contributed by atoms with Crippen molar-refractivity contribution in [3.8, 4) is 5.75 Å². The minimum Gasteiger partial charge on any atom is -0.491 e. The molecular formula is C20H23N3O3. The number of hydrogen-bond donors (Lipinski definition) is 0. The fourth-order valence-corrected chi connectivity index (χ4v) is 3.90. The monoisotopic (exact) mass is 353 g/mol. The Morgan fingerprint density at radius 1 is 1.31 bits per heavy atom. The number of piperidine rings is 1. The summed E-state index contributed by atoms with van der Waals surface area (Å²) in [5.74, 6) is 0.874. The summed E-state index contributed by atoms with van der Waals surface area (Å²) in [6.07, 6.45) is 7.42. The number of aromatic nitrogens is 2. The molecule has 2 aromatic heterocycles. The molecule has 6 nitrogen and oxygen atoms in total. The van der Waals surface area contributed by atoms with Gasteiger partial charge in [-0.2, -0.15) is 0 Å². The third-order valence-corrected chi connectivity index (χ3v) is 5.34. The summed E-state index contributed by atoms with van der Waals surface area (Å²) in [4.78, 5) is 23.1. The Hall–Kier alpha value is -2.47. The molecule has 4 heterocycles. The standard InChI is InChI=1S/C20H23N3O3/c24-19(12-16-4-1-2-9-22-16)23-10-6-18-20(14-23,7-11-25-18)15-26-17-5-3-8-21-13-17/h1-5,8-9,13,18H,6-7,10-12,14-15H2/t18-,20+/m1/s1. The van der Waals surface area contributed by atoms with E-state index >= 15 is 0 Å². The van der Waals surface area contributed by atoms with Crippen LogP contribution in [-0.4, -0.2) is 53.2 Å². The minimum absolute atomic E-state index is 0.120. The molecule has 0 aromatic carbocycles. The molecule has 0 N–H and O–H groups in total. The van der Waals surface area contributed by atoms with Crippen LogP contribution in [0.15, 0.2) is 48.9 Å². The molecule has 26 heavy (non-hydrogen) atoms. The summed E-state index contributed by atoms with van der Waals surface area (Å²) in [6, 6.07) is 9.43. The van der Waals surface area contributed by atoms with Crippen LogP contribution in [-0.2, 0) is 16.0 Å². The van der Waals surface area contributed by atoms with Crippen molar-refractivity contribution in [3.63, 3.8) is 0 Å². The summed E-state index contributed by atoms with van der Waals surface area (Å²) in [5, 5.41) is 0. The lowest BCUT2D eigenvalue weighted by molar-refractivity contribution is -0.137. The number of likely N-dealkylation sites (tertiary alicyclic amines) is 1. The van der Waals surface area contributed by atoms with Gasteiger partial charge in [-0.05, 0) is 37.1 Å². The highest BCUT2D eigenvalue weighted by molar-refractivity contribution is 5.78. The van der Waals surface area contributed by atoms with Crippen molar-refractivity contribution in [3.05, 3.63) is 54.6 Å². The van der Waals surface area contributed by atoms with Gasteiger partial charge in [-0.25, -0.2) is 0 Å². The Balaban J connectivity index is 1.44. The number of rotatable bonds is 5. The van der Waals surface area contributed by atoms with Crippen LogP contribution in [0, 0.1) is 5.41 Å². The zero-order valence-corrected chi connectivity index (χ0v) is 14.7. The molecule has 0 spiro atoms. The number of ether oxygens (including phenoxy) is 2. The molecule has 2 aliphatic heterocycles. The Labute approximate surface area is 153 Å². The summed E-state index contributed by atoms with van der Waals surface area (Å²) < 4.78 is 12.0. The smallest absolute Gasteiger partial charge is 0.228 e. The highest BCUT2D eigenvalue weighted by atomic mass is 16.5. The van der Waals surface area contributed by atoms with Crippen LogP contribution in [0.4, 0.5) is 0 Å². The third-order valence-electron chi connectivity index (χ3n) is 5.34. The molecular weight excluding hydrogens is 330 g/mol. The average Bonchev–Trinajstić information content (AvgIpc) is 3.11. The molecule has 136 valence electrons. The fraction of sp³-hybridized carbons (Fsp3) is 0.450. The van der Waals surface area contributed by atoms with Crippen molar-refractivity contribution in [2.24, 2.45) is 5.41 Å². The molecule has 2 atom stereocenters. The van der Waals surface area contributed by atoms with E-state index < -0.39 is 0 Å². The van der Waals surface area contributed by atoms with Gasteiger partial charge in [0.1, 0.15) is 5.75 Å². The Morgan fingerprint density at radius 3 is 3.08 bits per heavy atom. The van der Waals surface area contributed by atoms with Crippen molar-refractivity contribution in [1.82, 2.24) is 14.9 Å². The second-order valence-electron chi connectivity index (χ2n) is 7.05. The van der Waals surface area contributed by atoms with Crippen LogP contribution in [0.2, 0.25) is 0 Å². The van der Waals surface area contributed by atoms with E-state index in [9.17, 15) is 4.79 Å². The van der Waals surface area contributed by atoms with Crippen LogP contribution in [0.25, 0.3) is 0 Å². The van der Waals surface area contributed by atoms with Crippen molar-refractivity contribution in [1.29, 1.82) is 0 Å². The first-order valence-corrected chi connectivity index (χ1v) is 9.07. The van der Waals surface area contributed by atoms with E-state index in [1.807, 2.05) is 35.2 Å². The largest absolute Gasteiger partial charge is 0.491 e. The summed E-state index contributed by atoms with van der Waals surface area (Å²) in [5.41, 5.74) is 0.663. The Kier molecular flexibility index (Phi) is 4.84. The molecule has 2 fully saturated rings. The third kappa shape index (κ3) is 3.55. The van der Waals surface area contributed by atoms with Crippen LogP contribution >= 0.6 is 0 Å². The van der Waals surface area contributed by atoms with Gasteiger partial charge in [0.25, 0.3) is 0 Å².